The van der Waals surface area contributed by atoms with Gasteiger partial charge in [-0.2, -0.15) is 0 Å². The predicted octanol–water partition coefficient (Wildman–Crippen LogP) is 2.62. The van der Waals surface area contributed by atoms with Crippen molar-refractivity contribution in [2.75, 3.05) is 44.2 Å². The number of imide groups is 1. The Hall–Kier alpha value is -1.88. The van der Waals surface area contributed by atoms with Gasteiger partial charge in [0.05, 0.1) is 11.8 Å². The van der Waals surface area contributed by atoms with E-state index in [1.165, 1.54) is 5.69 Å². The number of nitrogens with zero attached hydrogens (tertiary/aromatic N) is 3. The molecule has 150 valence electrons. The number of fused-ring (bicyclic) bond motifs is 5. The highest BCUT2D eigenvalue weighted by Crippen LogP contribution is 2.56. The van der Waals surface area contributed by atoms with E-state index in [4.69, 9.17) is 0 Å². The molecule has 4 unspecified atom stereocenters. The summed E-state index contributed by atoms with van der Waals surface area (Å²) in [4.78, 5) is 32.1. The van der Waals surface area contributed by atoms with Crippen LogP contribution in [0.5, 0.6) is 0 Å². The highest BCUT2D eigenvalue weighted by atomic mass is 16.2. The molecule has 5 heteroatoms. The Labute approximate surface area is 167 Å². The Morgan fingerprint density at radius 2 is 1.39 bits per heavy atom. The SMILES string of the molecule is O=C1C2C3CCC(C3)C2C(=O)N1CCCCN1CCN(c2ccccc2)CC1. The van der Waals surface area contributed by atoms with Gasteiger partial charge in [-0.15, -0.1) is 0 Å². The van der Waals surface area contributed by atoms with Gasteiger partial charge in [-0.3, -0.25) is 19.4 Å². The summed E-state index contributed by atoms with van der Waals surface area (Å²) < 4.78 is 0. The molecule has 4 aliphatic rings. The first kappa shape index (κ1) is 18.2. The molecule has 1 aromatic carbocycles. The molecule has 2 aliphatic carbocycles. The van der Waals surface area contributed by atoms with E-state index in [1.807, 2.05) is 0 Å². The van der Waals surface area contributed by atoms with Crippen molar-refractivity contribution in [1.82, 2.24) is 9.80 Å². The number of amides is 2. The van der Waals surface area contributed by atoms with Crippen LogP contribution in [0.4, 0.5) is 5.69 Å². The molecule has 0 radical (unpaired) electrons. The number of hydrogen-bond donors (Lipinski definition) is 0. The zero-order valence-electron chi connectivity index (χ0n) is 16.6. The number of carbonyl (C=O) groups excluding carboxylic acids is 2. The number of anilines is 1. The minimum atomic E-state index is 0.0392. The predicted molar refractivity (Wildman–Crippen MR) is 109 cm³/mol. The van der Waals surface area contributed by atoms with Gasteiger partial charge in [0.2, 0.25) is 11.8 Å². The number of unbranched alkanes of at least 4 members (excludes halogenated alkanes) is 1. The third kappa shape index (κ3) is 3.14. The zero-order valence-corrected chi connectivity index (χ0v) is 16.6. The maximum absolute atomic E-state index is 12.7. The molecule has 2 heterocycles. The number of para-hydroxylation sites is 1. The van der Waals surface area contributed by atoms with Crippen molar-refractivity contribution in [3.8, 4) is 0 Å². The molecular weight excluding hydrogens is 350 g/mol. The molecule has 0 aromatic heterocycles. The molecule has 2 saturated heterocycles. The topological polar surface area (TPSA) is 43.9 Å². The molecule has 2 saturated carbocycles. The van der Waals surface area contributed by atoms with Crippen molar-refractivity contribution >= 4 is 17.5 Å². The van der Waals surface area contributed by atoms with E-state index in [0.29, 0.717) is 18.4 Å². The molecule has 0 spiro atoms. The minimum Gasteiger partial charge on any atom is -0.369 e. The smallest absolute Gasteiger partial charge is 0.233 e. The van der Waals surface area contributed by atoms with E-state index in [2.05, 4.69) is 40.1 Å². The van der Waals surface area contributed by atoms with Crippen LogP contribution in [0.15, 0.2) is 30.3 Å². The molecule has 2 aliphatic heterocycles. The highest BCUT2D eigenvalue weighted by Gasteiger charge is 2.60. The number of likely N-dealkylation sites (tertiary alicyclic amines) is 1. The lowest BCUT2D eigenvalue weighted by Gasteiger charge is -2.36. The van der Waals surface area contributed by atoms with Gasteiger partial charge in [0.15, 0.2) is 0 Å². The van der Waals surface area contributed by atoms with Gasteiger partial charge in [-0.05, 0) is 62.6 Å². The van der Waals surface area contributed by atoms with Gasteiger partial charge in [0.25, 0.3) is 0 Å². The Morgan fingerprint density at radius 3 is 2.04 bits per heavy atom. The number of carbonyl (C=O) groups is 2. The Kier molecular flexibility index (Phi) is 4.87. The van der Waals surface area contributed by atoms with Crippen LogP contribution in [0.3, 0.4) is 0 Å². The molecule has 2 amide bonds. The van der Waals surface area contributed by atoms with Crippen LogP contribution in [-0.4, -0.2) is 60.9 Å². The van der Waals surface area contributed by atoms with Crippen molar-refractivity contribution in [3.63, 3.8) is 0 Å². The van der Waals surface area contributed by atoms with Crippen molar-refractivity contribution in [2.45, 2.75) is 32.1 Å². The second-order valence-corrected chi connectivity index (χ2v) is 9.08. The quantitative estimate of drug-likeness (QED) is 0.561. The number of hydrogen-bond acceptors (Lipinski definition) is 4. The maximum atomic E-state index is 12.7. The summed E-state index contributed by atoms with van der Waals surface area (Å²) in [6, 6.07) is 10.6. The number of benzene rings is 1. The number of rotatable bonds is 6. The molecule has 4 atom stereocenters. The molecule has 4 fully saturated rings. The van der Waals surface area contributed by atoms with Crippen LogP contribution in [-0.2, 0) is 9.59 Å². The lowest BCUT2D eigenvalue weighted by atomic mass is 9.81. The Balaban J connectivity index is 1.05. The van der Waals surface area contributed by atoms with Crippen molar-refractivity contribution in [2.24, 2.45) is 23.7 Å². The molecule has 28 heavy (non-hydrogen) atoms. The normalized spacial score (nSPS) is 32.4. The summed E-state index contributed by atoms with van der Waals surface area (Å²) in [5.74, 6) is 1.38. The Morgan fingerprint density at radius 1 is 0.786 bits per heavy atom. The third-order valence-corrected chi connectivity index (χ3v) is 7.62. The van der Waals surface area contributed by atoms with Gasteiger partial charge in [-0.25, -0.2) is 0 Å². The molecule has 1 aromatic rings. The zero-order chi connectivity index (χ0) is 19.1. The molecular formula is C23H31N3O2. The summed E-state index contributed by atoms with van der Waals surface area (Å²) in [5.41, 5.74) is 1.31. The van der Waals surface area contributed by atoms with Gasteiger partial charge < -0.3 is 4.90 Å². The summed E-state index contributed by atoms with van der Waals surface area (Å²) in [6.07, 6.45) is 5.44. The molecule has 2 bridgehead atoms. The molecule has 0 N–H and O–H groups in total. The van der Waals surface area contributed by atoms with E-state index in [1.54, 1.807) is 4.90 Å². The van der Waals surface area contributed by atoms with E-state index >= 15 is 0 Å². The fraction of sp³-hybridized carbons (Fsp3) is 0.652. The Bertz CT molecular complexity index is 701. The first-order chi connectivity index (χ1) is 13.7. The average molecular weight is 382 g/mol. The molecule has 5 nitrogen and oxygen atoms in total. The van der Waals surface area contributed by atoms with Gasteiger partial charge in [-0.1, -0.05) is 18.2 Å². The maximum Gasteiger partial charge on any atom is 0.233 e. The van der Waals surface area contributed by atoms with Gasteiger partial charge >= 0.3 is 0 Å². The first-order valence-electron chi connectivity index (χ1n) is 11.1. The van der Waals surface area contributed by atoms with Crippen molar-refractivity contribution in [3.05, 3.63) is 30.3 Å². The summed E-state index contributed by atoms with van der Waals surface area (Å²) in [6.45, 7) is 6.01. The second kappa shape index (κ2) is 7.51. The monoisotopic (exact) mass is 381 g/mol. The first-order valence-corrected chi connectivity index (χ1v) is 11.1. The lowest BCUT2D eigenvalue weighted by molar-refractivity contribution is -0.140. The van der Waals surface area contributed by atoms with Crippen LogP contribution in [0, 0.1) is 23.7 Å². The van der Waals surface area contributed by atoms with Crippen LogP contribution < -0.4 is 4.90 Å². The van der Waals surface area contributed by atoms with E-state index in [0.717, 1.165) is 64.8 Å². The fourth-order valence-corrected chi connectivity index (χ4v) is 6.16. The van der Waals surface area contributed by atoms with Crippen LogP contribution >= 0.6 is 0 Å². The molecule has 5 rings (SSSR count). The standard InChI is InChI=1S/C23H31N3O2/c27-22-20-17-8-9-18(16-17)21(20)23(28)26(22)11-5-4-10-24-12-14-25(15-13-24)19-6-2-1-3-7-19/h1-3,6-7,17-18,20-21H,4-5,8-16H2. The number of piperazine rings is 1. The van der Waals surface area contributed by atoms with E-state index in [-0.39, 0.29) is 23.7 Å². The van der Waals surface area contributed by atoms with Crippen LogP contribution in [0.2, 0.25) is 0 Å². The van der Waals surface area contributed by atoms with Crippen LogP contribution in [0.25, 0.3) is 0 Å². The summed E-state index contributed by atoms with van der Waals surface area (Å²) >= 11 is 0. The van der Waals surface area contributed by atoms with E-state index < -0.39 is 0 Å². The van der Waals surface area contributed by atoms with E-state index in [9.17, 15) is 9.59 Å². The minimum absolute atomic E-state index is 0.0392. The average Bonchev–Trinajstić information content (AvgIpc) is 3.41. The van der Waals surface area contributed by atoms with Crippen molar-refractivity contribution in [1.29, 1.82) is 0 Å². The fourth-order valence-electron chi connectivity index (χ4n) is 6.16. The summed E-state index contributed by atoms with van der Waals surface area (Å²) in [5, 5.41) is 0. The lowest BCUT2D eigenvalue weighted by Crippen LogP contribution is -2.46. The second-order valence-electron chi connectivity index (χ2n) is 9.08. The van der Waals surface area contributed by atoms with Crippen LogP contribution in [0.1, 0.15) is 32.1 Å². The third-order valence-electron chi connectivity index (χ3n) is 7.62. The highest BCUT2D eigenvalue weighted by molar-refractivity contribution is 6.06. The summed E-state index contributed by atoms with van der Waals surface area (Å²) in [7, 11) is 0. The largest absolute Gasteiger partial charge is 0.369 e. The van der Waals surface area contributed by atoms with Crippen molar-refractivity contribution < 1.29 is 9.59 Å². The van der Waals surface area contributed by atoms with Gasteiger partial charge in [0, 0.05) is 38.4 Å². The van der Waals surface area contributed by atoms with Gasteiger partial charge in [0.1, 0.15) is 0 Å².